The molecule has 0 spiro atoms. The monoisotopic (exact) mass is 347 g/mol. The maximum atomic E-state index is 12.3. The average molecular weight is 347 g/mol. The Balaban J connectivity index is 1.75. The first-order chi connectivity index (χ1) is 11.6. The number of carbonyl (C=O) groups excluding carboxylic acids is 1. The summed E-state index contributed by atoms with van der Waals surface area (Å²) in [5.74, 6) is -0.263. The van der Waals surface area contributed by atoms with Gasteiger partial charge in [0.1, 0.15) is 0 Å². The van der Waals surface area contributed by atoms with Gasteiger partial charge in [0.15, 0.2) is 0 Å². The summed E-state index contributed by atoms with van der Waals surface area (Å²) in [5, 5.41) is 1.32. The maximum Gasteiger partial charge on any atom is 0.277 e. The fourth-order valence-electron chi connectivity index (χ4n) is 2.31. The van der Waals surface area contributed by atoms with Crippen molar-refractivity contribution < 1.29 is 18.0 Å². The van der Waals surface area contributed by atoms with E-state index >= 15 is 0 Å². The van der Waals surface area contributed by atoms with Crippen LogP contribution in [0, 0.1) is 0 Å². The first-order valence-corrected chi connectivity index (χ1v) is 9.02. The van der Waals surface area contributed by atoms with Crippen LogP contribution in [0.15, 0.2) is 53.7 Å². The molecule has 1 aliphatic rings. The highest BCUT2D eigenvalue weighted by molar-refractivity contribution is 7.92. The molecule has 0 radical (unpaired) electrons. The van der Waals surface area contributed by atoms with E-state index in [9.17, 15) is 13.2 Å². The van der Waals surface area contributed by atoms with Crippen molar-refractivity contribution in [2.24, 2.45) is 0 Å². The molecule has 3 rings (SSSR count). The summed E-state index contributed by atoms with van der Waals surface area (Å²) >= 11 is 0. The molecule has 2 aromatic rings. The Bertz CT molecular complexity index is 801. The van der Waals surface area contributed by atoms with E-state index in [1.54, 1.807) is 12.1 Å². The molecule has 1 aliphatic heterocycles. The predicted octanol–water partition coefficient (Wildman–Crippen LogP) is 2.05. The molecule has 0 atom stereocenters. The molecule has 1 saturated heterocycles. The second-order valence-electron chi connectivity index (χ2n) is 5.31. The summed E-state index contributed by atoms with van der Waals surface area (Å²) in [6.07, 6.45) is 4.83. The van der Waals surface area contributed by atoms with Crippen molar-refractivity contribution >= 4 is 21.6 Å². The van der Waals surface area contributed by atoms with E-state index in [2.05, 4.69) is 9.71 Å². The van der Waals surface area contributed by atoms with Crippen LogP contribution in [0.1, 0.15) is 23.2 Å². The third-order valence-corrected chi connectivity index (χ3v) is 4.97. The van der Waals surface area contributed by atoms with Gasteiger partial charge in [-0.15, -0.1) is 0 Å². The fraction of sp³-hybridized carbons (Fsp3) is 0.250. The lowest BCUT2D eigenvalue weighted by Gasteiger charge is -2.25. The number of sulfonamides is 1. The molecular formula is C16H17N3O4S. The number of anilines is 1. The van der Waals surface area contributed by atoms with Crippen LogP contribution in [0.5, 0.6) is 0 Å². The van der Waals surface area contributed by atoms with Gasteiger partial charge in [-0.2, -0.15) is 0 Å². The average Bonchev–Trinajstić information content (AvgIpc) is 2.62. The van der Waals surface area contributed by atoms with Crippen molar-refractivity contribution in [2.45, 2.75) is 17.7 Å². The standard InChI is InChI=1S/C16H17N3O4S/c20-16(19-11-1-2-12-23-19)13-3-5-15(6-4-13)24(21,22)18-14-7-9-17-10-8-14/h3-10H,1-2,11-12H2,(H,17,18). The molecule has 7 nitrogen and oxygen atoms in total. The number of rotatable bonds is 4. The number of nitrogens with zero attached hydrogens (tertiary/aromatic N) is 2. The van der Waals surface area contributed by atoms with Crippen LogP contribution in [-0.2, 0) is 14.9 Å². The van der Waals surface area contributed by atoms with Crippen LogP contribution in [-0.4, -0.2) is 37.5 Å². The molecule has 1 aromatic carbocycles. The molecule has 8 heteroatoms. The van der Waals surface area contributed by atoms with E-state index < -0.39 is 10.0 Å². The first-order valence-electron chi connectivity index (χ1n) is 7.54. The second-order valence-corrected chi connectivity index (χ2v) is 7.00. The highest BCUT2D eigenvalue weighted by Crippen LogP contribution is 2.17. The predicted molar refractivity (Wildman–Crippen MR) is 87.7 cm³/mol. The number of aromatic nitrogens is 1. The second kappa shape index (κ2) is 6.98. The minimum absolute atomic E-state index is 0.0791. The molecule has 24 heavy (non-hydrogen) atoms. The van der Waals surface area contributed by atoms with Gasteiger partial charge >= 0.3 is 0 Å². The van der Waals surface area contributed by atoms with Gasteiger partial charge in [-0.25, -0.2) is 13.5 Å². The highest BCUT2D eigenvalue weighted by Gasteiger charge is 2.20. The Morgan fingerprint density at radius 1 is 1.08 bits per heavy atom. The Labute approximate surface area is 140 Å². The lowest BCUT2D eigenvalue weighted by atomic mass is 10.2. The van der Waals surface area contributed by atoms with Crippen LogP contribution in [0.4, 0.5) is 5.69 Å². The minimum Gasteiger partial charge on any atom is -0.280 e. The van der Waals surface area contributed by atoms with Crippen molar-refractivity contribution in [3.05, 3.63) is 54.4 Å². The zero-order valence-corrected chi connectivity index (χ0v) is 13.7. The zero-order chi connectivity index (χ0) is 17.0. The number of pyridine rings is 1. The Hall–Kier alpha value is -2.45. The molecule has 2 heterocycles. The van der Waals surface area contributed by atoms with Crippen molar-refractivity contribution in [3.63, 3.8) is 0 Å². The van der Waals surface area contributed by atoms with Gasteiger partial charge in [-0.1, -0.05) is 0 Å². The van der Waals surface area contributed by atoms with Crippen LogP contribution >= 0.6 is 0 Å². The third-order valence-electron chi connectivity index (χ3n) is 3.57. The van der Waals surface area contributed by atoms with Gasteiger partial charge in [0.2, 0.25) is 0 Å². The summed E-state index contributed by atoms with van der Waals surface area (Å²) in [6, 6.07) is 8.90. The number of hydroxylamine groups is 2. The molecule has 1 fully saturated rings. The topological polar surface area (TPSA) is 88.6 Å². The van der Waals surface area contributed by atoms with Crippen molar-refractivity contribution in [3.8, 4) is 0 Å². The first kappa shape index (κ1) is 16.4. The molecule has 0 aliphatic carbocycles. The van der Waals surface area contributed by atoms with Gasteiger partial charge in [0, 0.05) is 24.5 Å². The summed E-state index contributed by atoms with van der Waals surface area (Å²) in [5.41, 5.74) is 0.812. The number of carbonyl (C=O) groups is 1. The lowest BCUT2D eigenvalue weighted by Crippen LogP contribution is -2.35. The quantitative estimate of drug-likeness (QED) is 0.914. The van der Waals surface area contributed by atoms with Crippen LogP contribution < -0.4 is 4.72 Å². The Kier molecular flexibility index (Phi) is 4.77. The summed E-state index contributed by atoms with van der Waals surface area (Å²) in [4.78, 5) is 21.5. The molecular weight excluding hydrogens is 330 g/mol. The third kappa shape index (κ3) is 3.72. The van der Waals surface area contributed by atoms with Crippen molar-refractivity contribution in [1.29, 1.82) is 0 Å². The minimum atomic E-state index is -3.71. The van der Waals surface area contributed by atoms with Gasteiger partial charge in [-0.05, 0) is 49.2 Å². The van der Waals surface area contributed by atoms with E-state index in [0.29, 0.717) is 24.4 Å². The van der Waals surface area contributed by atoms with E-state index in [1.807, 2.05) is 0 Å². The van der Waals surface area contributed by atoms with Gasteiger partial charge in [-0.3, -0.25) is 19.3 Å². The number of nitrogens with one attached hydrogen (secondary N) is 1. The van der Waals surface area contributed by atoms with Gasteiger partial charge in [0.05, 0.1) is 17.2 Å². The number of hydrogen-bond donors (Lipinski definition) is 1. The molecule has 0 bridgehead atoms. The lowest BCUT2D eigenvalue weighted by molar-refractivity contribution is -0.144. The van der Waals surface area contributed by atoms with Crippen molar-refractivity contribution in [2.75, 3.05) is 17.9 Å². The fourth-order valence-corrected chi connectivity index (χ4v) is 3.37. The van der Waals surface area contributed by atoms with Crippen LogP contribution in [0.3, 0.4) is 0 Å². The van der Waals surface area contributed by atoms with Gasteiger partial charge < -0.3 is 0 Å². The van der Waals surface area contributed by atoms with Gasteiger partial charge in [0.25, 0.3) is 15.9 Å². The van der Waals surface area contributed by atoms with Crippen LogP contribution in [0.2, 0.25) is 0 Å². The summed E-state index contributed by atoms with van der Waals surface area (Å²) in [6.45, 7) is 1.07. The number of benzene rings is 1. The summed E-state index contributed by atoms with van der Waals surface area (Å²) in [7, 11) is -3.71. The molecule has 0 unspecified atom stereocenters. The van der Waals surface area contributed by atoms with Crippen LogP contribution in [0.25, 0.3) is 0 Å². The molecule has 0 saturated carbocycles. The SMILES string of the molecule is O=C(c1ccc(S(=O)(=O)Nc2ccncc2)cc1)N1CCCCO1. The molecule has 126 valence electrons. The Morgan fingerprint density at radius 3 is 2.42 bits per heavy atom. The smallest absolute Gasteiger partial charge is 0.277 e. The maximum absolute atomic E-state index is 12.3. The molecule has 1 N–H and O–H groups in total. The number of hydrogen-bond acceptors (Lipinski definition) is 5. The normalized spacial score (nSPS) is 15.1. The van der Waals surface area contributed by atoms with E-state index in [4.69, 9.17) is 4.84 Å². The summed E-state index contributed by atoms with van der Waals surface area (Å²) < 4.78 is 27.1. The van der Waals surface area contributed by atoms with E-state index in [-0.39, 0.29) is 10.8 Å². The van der Waals surface area contributed by atoms with Crippen molar-refractivity contribution in [1.82, 2.24) is 10.0 Å². The Morgan fingerprint density at radius 2 is 1.79 bits per heavy atom. The zero-order valence-electron chi connectivity index (χ0n) is 12.9. The largest absolute Gasteiger partial charge is 0.280 e. The molecule has 1 amide bonds. The van der Waals surface area contributed by atoms with E-state index in [1.165, 1.54) is 41.7 Å². The highest BCUT2D eigenvalue weighted by atomic mass is 32.2. The van der Waals surface area contributed by atoms with E-state index in [0.717, 1.165) is 12.8 Å². The molecule has 1 aromatic heterocycles. The number of amides is 1.